The van der Waals surface area contributed by atoms with Crippen molar-refractivity contribution in [3.05, 3.63) is 0 Å². The summed E-state index contributed by atoms with van der Waals surface area (Å²) in [5.41, 5.74) is -0.250. The first kappa shape index (κ1) is 17.0. The van der Waals surface area contributed by atoms with Crippen LogP contribution < -0.4 is 5.32 Å². The molecule has 1 N–H and O–H groups in total. The van der Waals surface area contributed by atoms with Gasteiger partial charge in [-0.3, -0.25) is 9.59 Å². The SMILES string of the molecule is CCCC1NC(=O)C(C(C)(C)C)N(C(CC)CC)C1=O. The van der Waals surface area contributed by atoms with Crippen molar-refractivity contribution in [2.75, 3.05) is 0 Å². The number of amides is 2. The van der Waals surface area contributed by atoms with E-state index >= 15 is 0 Å². The molecular weight excluding hydrogens is 252 g/mol. The van der Waals surface area contributed by atoms with Crippen molar-refractivity contribution < 1.29 is 9.59 Å². The Morgan fingerprint density at radius 3 is 2.10 bits per heavy atom. The molecule has 0 radical (unpaired) electrons. The third-order valence-electron chi connectivity index (χ3n) is 4.13. The summed E-state index contributed by atoms with van der Waals surface area (Å²) >= 11 is 0. The molecule has 1 heterocycles. The van der Waals surface area contributed by atoms with Crippen molar-refractivity contribution in [3.8, 4) is 0 Å². The Balaban J connectivity index is 3.16. The van der Waals surface area contributed by atoms with Crippen LogP contribution in [-0.4, -0.2) is 34.8 Å². The van der Waals surface area contributed by atoms with Gasteiger partial charge in [0.2, 0.25) is 11.8 Å². The lowest BCUT2D eigenvalue weighted by molar-refractivity contribution is -0.157. The van der Waals surface area contributed by atoms with Gasteiger partial charge in [0.25, 0.3) is 0 Å². The molecule has 0 saturated carbocycles. The summed E-state index contributed by atoms with van der Waals surface area (Å²) in [6.45, 7) is 12.3. The number of piperazine rings is 1. The Labute approximate surface area is 123 Å². The van der Waals surface area contributed by atoms with Gasteiger partial charge in [0.05, 0.1) is 0 Å². The lowest BCUT2D eigenvalue weighted by Gasteiger charge is -2.48. The van der Waals surface area contributed by atoms with Gasteiger partial charge in [-0.1, -0.05) is 48.0 Å². The van der Waals surface area contributed by atoms with Gasteiger partial charge in [0.1, 0.15) is 12.1 Å². The predicted molar refractivity (Wildman–Crippen MR) is 81.3 cm³/mol. The van der Waals surface area contributed by atoms with Gasteiger partial charge >= 0.3 is 0 Å². The second-order valence-corrected chi connectivity index (χ2v) is 6.83. The molecule has 2 unspecified atom stereocenters. The van der Waals surface area contributed by atoms with E-state index in [0.29, 0.717) is 0 Å². The van der Waals surface area contributed by atoms with Gasteiger partial charge in [-0.25, -0.2) is 0 Å². The minimum absolute atomic E-state index is 0.00227. The van der Waals surface area contributed by atoms with E-state index in [1.54, 1.807) is 0 Å². The molecule has 0 aliphatic carbocycles. The summed E-state index contributed by atoms with van der Waals surface area (Å²) in [5, 5.41) is 2.93. The Bertz CT molecular complexity index is 356. The smallest absolute Gasteiger partial charge is 0.246 e. The lowest BCUT2D eigenvalue weighted by Crippen LogP contribution is -2.68. The van der Waals surface area contributed by atoms with E-state index in [9.17, 15) is 9.59 Å². The highest BCUT2D eigenvalue weighted by molar-refractivity contribution is 5.97. The van der Waals surface area contributed by atoms with Crippen molar-refractivity contribution in [3.63, 3.8) is 0 Å². The fourth-order valence-corrected chi connectivity index (χ4v) is 3.11. The zero-order valence-electron chi connectivity index (χ0n) is 13.8. The van der Waals surface area contributed by atoms with Crippen LogP contribution in [0.5, 0.6) is 0 Å². The lowest BCUT2D eigenvalue weighted by atomic mass is 9.81. The molecule has 0 aromatic carbocycles. The Morgan fingerprint density at radius 1 is 1.15 bits per heavy atom. The van der Waals surface area contributed by atoms with Crippen LogP contribution in [0.15, 0.2) is 0 Å². The van der Waals surface area contributed by atoms with Gasteiger partial charge in [-0.05, 0) is 24.7 Å². The summed E-state index contributed by atoms with van der Waals surface area (Å²) in [7, 11) is 0. The van der Waals surface area contributed by atoms with Crippen LogP contribution in [0.4, 0.5) is 0 Å². The fraction of sp³-hybridized carbons (Fsp3) is 0.875. The van der Waals surface area contributed by atoms with Crippen LogP contribution in [0.2, 0.25) is 0 Å². The van der Waals surface area contributed by atoms with E-state index in [2.05, 4.69) is 19.2 Å². The Hall–Kier alpha value is -1.06. The summed E-state index contributed by atoms with van der Waals surface area (Å²) in [4.78, 5) is 27.2. The van der Waals surface area contributed by atoms with Crippen LogP contribution in [0.1, 0.15) is 67.2 Å². The molecule has 1 fully saturated rings. The second-order valence-electron chi connectivity index (χ2n) is 6.83. The van der Waals surface area contributed by atoms with E-state index in [1.165, 1.54) is 0 Å². The summed E-state index contributed by atoms with van der Waals surface area (Å²) in [6.07, 6.45) is 3.40. The first-order valence-electron chi connectivity index (χ1n) is 7.90. The summed E-state index contributed by atoms with van der Waals surface area (Å²) in [6, 6.07) is -0.558. The van der Waals surface area contributed by atoms with Crippen molar-refractivity contribution in [2.24, 2.45) is 5.41 Å². The average molecular weight is 282 g/mol. The molecule has 1 rings (SSSR count). The highest BCUT2D eigenvalue weighted by Crippen LogP contribution is 2.31. The molecule has 2 amide bonds. The average Bonchev–Trinajstić information content (AvgIpc) is 2.34. The topological polar surface area (TPSA) is 49.4 Å². The largest absolute Gasteiger partial charge is 0.342 e. The minimum Gasteiger partial charge on any atom is -0.342 e. The van der Waals surface area contributed by atoms with E-state index in [0.717, 1.165) is 25.7 Å². The number of nitrogens with zero attached hydrogens (tertiary/aromatic N) is 1. The first-order valence-corrected chi connectivity index (χ1v) is 7.90. The van der Waals surface area contributed by atoms with E-state index in [4.69, 9.17) is 0 Å². The van der Waals surface area contributed by atoms with E-state index < -0.39 is 0 Å². The molecule has 116 valence electrons. The van der Waals surface area contributed by atoms with Crippen molar-refractivity contribution in [1.29, 1.82) is 0 Å². The minimum atomic E-state index is -0.368. The molecule has 0 bridgehead atoms. The molecule has 4 heteroatoms. The molecule has 20 heavy (non-hydrogen) atoms. The predicted octanol–water partition coefficient (Wildman–Crippen LogP) is 2.72. The Morgan fingerprint density at radius 2 is 1.70 bits per heavy atom. The van der Waals surface area contributed by atoms with Gasteiger partial charge in [-0.15, -0.1) is 0 Å². The van der Waals surface area contributed by atoms with Crippen LogP contribution in [0, 0.1) is 5.41 Å². The molecule has 4 nitrogen and oxygen atoms in total. The van der Waals surface area contributed by atoms with E-state index in [1.807, 2.05) is 32.6 Å². The maximum atomic E-state index is 12.8. The van der Waals surface area contributed by atoms with Crippen molar-refractivity contribution in [2.45, 2.75) is 85.4 Å². The fourth-order valence-electron chi connectivity index (χ4n) is 3.11. The zero-order valence-corrected chi connectivity index (χ0v) is 13.8. The van der Waals surface area contributed by atoms with Gasteiger partial charge in [0, 0.05) is 6.04 Å². The van der Waals surface area contributed by atoms with Crippen LogP contribution in [0.3, 0.4) is 0 Å². The molecule has 0 spiro atoms. The van der Waals surface area contributed by atoms with Crippen molar-refractivity contribution >= 4 is 11.8 Å². The number of carbonyl (C=O) groups is 2. The number of hydrogen-bond acceptors (Lipinski definition) is 2. The molecule has 2 atom stereocenters. The van der Waals surface area contributed by atoms with Crippen molar-refractivity contribution in [1.82, 2.24) is 10.2 Å². The summed E-state index contributed by atoms with van der Waals surface area (Å²) < 4.78 is 0. The first-order chi connectivity index (χ1) is 9.27. The highest BCUT2D eigenvalue weighted by Gasteiger charge is 2.47. The number of hydrogen-bond donors (Lipinski definition) is 1. The number of carbonyl (C=O) groups excluding carboxylic acids is 2. The molecular formula is C16H30N2O2. The monoisotopic (exact) mass is 282 g/mol. The normalized spacial score (nSPS) is 24.2. The second kappa shape index (κ2) is 6.59. The Kier molecular flexibility index (Phi) is 5.60. The molecule has 1 aliphatic rings. The molecule has 1 aliphatic heterocycles. The quantitative estimate of drug-likeness (QED) is 0.843. The molecule has 0 aromatic rings. The number of rotatable bonds is 5. The summed E-state index contributed by atoms with van der Waals surface area (Å²) in [5.74, 6) is 0.0996. The van der Waals surface area contributed by atoms with Crippen LogP contribution in [0.25, 0.3) is 0 Å². The van der Waals surface area contributed by atoms with E-state index in [-0.39, 0.29) is 35.4 Å². The van der Waals surface area contributed by atoms with Gasteiger partial charge in [-0.2, -0.15) is 0 Å². The standard InChI is InChI=1S/C16H30N2O2/c1-7-10-12-15(20)18(11(8-2)9-3)13(14(19)17-12)16(4,5)6/h11-13H,7-10H2,1-6H3,(H,17,19). The van der Waals surface area contributed by atoms with Crippen LogP contribution in [-0.2, 0) is 9.59 Å². The molecule has 0 aromatic heterocycles. The molecule has 1 saturated heterocycles. The van der Waals surface area contributed by atoms with Gasteiger partial charge < -0.3 is 10.2 Å². The number of nitrogens with one attached hydrogen (secondary N) is 1. The highest BCUT2D eigenvalue weighted by atomic mass is 16.2. The van der Waals surface area contributed by atoms with Crippen LogP contribution >= 0.6 is 0 Å². The maximum Gasteiger partial charge on any atom is 0.246 e. The third-order valence-corrected chi connectivity index (χ3v) is 4.13. The zero-order chi connectivity index (χ0) is 15.5. The maximum absolute atomic E-state index is 12.8. The third kappa shape index (κ3) is 3.33. The van der Waals surface area contributed by atoms with Gasteiger partial charge in [0.15, 0.2) is 0 Å².